The summed E-state index contributed by atoms with van der Waals surface area (Å²) in [5.74, 6) is 0.407. The summed E-state index contributed by atoms with van der Waals surface area (Å²) >= 11 is 0. The van der Waals surface area contributed by atoms with Crippen LogP contribution in [0.5, 0.6) is 0 Å². The minimum Gasteiger partial charge on any atom is -0.326 e. The van der Waals surface area contributed by atoms with Crippen LogP contribution in [0.2, 0.25) is 0 Å². The molecule has 2 atom stereocenters. The zero-order valence-electron chi connectivity index (χ0n) is 5.04. The van der Waals surface area contributed by atoms with E-state index >= 15 is 0 Å². The van der Waals surface area contributed by atoms with Crippen LogP contribution in [0.1, 0.15) is 6.92 Å². The second kappa shape index (κ2) is 1.69. The van der Waals surface area contributed by atoms with Crippen molar-refractivity contribution in [2.45, 2.75) is 25.0 Å². The van der Waals surface area contributed by atoms with Crippen LogP contribution in [0.3, 0.4) is 0 Å². The summed E-state index contributed by atoms with van der Waals surface area (Å²) in [5.41, 5.74) is 16.6. The second-order valence-electron chi connectivity index (χ2n) is 2.59. The molecular weight excluding hydrogens is 102 g/mol. The Labute approximate surface area is 49.2 Å². The third kappa shape index (κ3) is 0.555. The first kappa shape index (κ1) is 6.01. The summed E-state index contributed by atoms with van der Waals surface area (Å²) in [6.07, 6.45) is 0. The zero-order chi connectivity index (χ0) is 6.31. The van der Waals surface area contributed by atoms with Gasteiger partial charge >= 0.3 is 0 Å². The van der Waals surface area contributed by atoms with Gasteiger partial charge in [0.05, 0.1) is 0 Å². The summed E-state index contributed by atoms with van der Waals surface area (Å²) in [6, 6.07) is 0.292. The van der Waals surface area contributed by atoms with Crippen molar-refractivity contribution >= 4 is 0 Å². The minimum absolute atomic E-state index is 0.0324. The zero-order valence-corrected chi connectivity index (χ0v) is 5.04. The first-order valence-corrected chi connectivity index (χ1v) is 2.91. The van der Waals surface area contributed by atoms with Crippen molar-refractivity contribution in [3.05, 3.63) is 0 Å². The Hall–Kier alpha value is -0.120. The highest BCUT2D eigenvalue weighted by molar-refractivity contribution is 5.03. The second-order valence-corrected chi connectivity index (χ2v) is 2.59. The van der Waals surface area contributed by atoms with Gasteiger partial charge in [-0.1, -0.05) is 6.92 Å². The van der Waals surface area contributed by atoms with Gasteiger partial charge in [-0.25, -0.2) is 0 Å². The van der Waals surface area contributed by atoms with E-state index in [9.17, 15) is 0 Å². The van der Waals surface area contributed by atoms with E-state index in [1.54, 1.807) is 0 Å². The maximum Gasteiger partial charge on any atom is 0.0352 e. The number of rotatable bonds is 0. The first-order chi connectivity index (χ1) is 3.64. The SMILES string of the molecule is CC1C(N)C(N)C1N. The average molecular weight is 115 g/mol. The van der Waals surface area contributed by atoms with E-state index in [4.69, 9.17) is 17.2 Å². The third-order valence-corrected chi connectivity index (χ3v) is 2.10. The molecule has 0 aliphatic heterocycles. The molecule has 0 heterocycles. The molecule has 0 aromatic heterocycles. The molecule has 0 radical (unpaired) electrons. The third-order valence-electron chi connectivity index (χ3n) is 2.10. The van der Waals surface area contributed by atoms with Crippen molar-refractivity contribution in [1.29, 1.82) is 0 Å². The maximum atomic E-state index is 5.55. The molecule has 8 heavy (non-hydrogen) atoms. The molecule has 0 aromatic rings. The van der Waals surface area contributed by atoms with Crippen LogP contribution in [0.4, 0.5) is 0 Å². The molecule has 0 saturated heterocycles. The van der Waals surface area contributed by atoms with Gasteiger partial charge < -0.3 is 17.2 Å². The molecule has 1 aliphatic carbocycles. The Balaban J connectivity index is 2.42. The summed E-state index contributed by atoms with van der Waals surface area (Å²) in [5, 5.41) is 0. The largest absolute Gasteiger partial charge is 0.326 e. The number of hydrogen-bond acceptors (Lipinski definition) is 3. The van der Waals surface area contributed by atoms with E-state index in [1.165, 1.54) is 0 Å². The lowest BCUT2D eigenvalue weighted by Crippen LogP contribution is -2.70. The highest BCUT2D eigenvalue weighted by Crippen LogP contribution is 2.21. The Bertz CT molecular complexity index is 61.7. The molecule has 3 heteroatoms. The van der Waals surface area contributed by atoms with E-state index < -0.39 is 0 Å². The molecule has 1 rings (SSSR count). The monoisotopic (exact) mass is 115 g/mol. The first-order valence-electron chi connectivity index (χ1n) is 2.91. The molecule has 1 fully saturated rings. The molecule has 0 spiro atoms. The van der Waals surface area contributed by atoms with Crippen molar-refractivity contribution < 1.29 is 0 Å². The topological polar surface area (TPSA) is 78.1 Å². The molecule has 0 amide bonds. The molecule has 48 valence electrons. The van der Waals surface area contributed by atoms with E-state index in [0.29, 0.717) is 5.92 Å². The molecule has 3 nitrogen and oxygen atoms in total. The number of hydrogen-bond donors (Lipinski definition) is 3. The van der Waals surface area contributed by atoms with Crippen molar-refractivity contribution in [2.24, 2.45) is 23.1 Å². The van der Waals surface area contributed by atoms with Gasteiger partial charge in [0.1, 0.15) is 0 Å². The van der Waals surface area contributed by atoms with E-state index in [1.807, 2.05) is 6.92 Å². The Morgan fingerprint density at radius 3 is 1.38 bits per heavy atom. The van der Waals surface area contributed by atoms with Gasteiger partial charge in [0, 0.05) is 18.1 Å². The fourth-order valence-corrected chi connectivity index (χ4v) is 1.07. The fourth-order valence-electron chi connectivity index (χ4n) is 1.07. The van der Waals surface area contributed by atoms with Gasteiger partial charge in [-0.05, 0) is 5.92 Å². The standard InChI is InChI=1S/C5H13N3/c1-2-3(6)5(8)4(2)7/h2-5H,6-8H2,1H3. The van der Waals surface area contributed by atoms with Gasteiger partial charge in [0.25, 0.3) is 0 Å². The summed E-state index contributed by atoms with van der Waals surface area (Å²) < 4.78 is 0. The molecular formula is C5H13N3. The van der Waals surface area contributed by atoms with Gasteiger partial charge in [-0.2, -0.15) is 0 Å². The quantitative estimate of drug-likeness (QED) is 0.364. The van der Waals surface area contributed by atoms with Gasteiger partial charge in [0.2, 0.25) is 0 Å². The van der Waals surface area contributed by atoms with Crippen LogP contribution < -0.4 is 17.2 Å². The minimum atomic E-state index is 0.0324. The van der Waals surface area contributed by atoms with Gasteiger partial charge in [-0.3, -0.25) is 0 Å². The van der Waals surface area contributed by atoms with Crippen molar-refractivity contribution in [3.63, 3.8) is 0 Å². The Morgan fingerprint density at radius 1 is 0.875 bits per heavy atom. The van der Waals surface area contributed by atoms with Crippen LogP contribution in [-0.4, -0.2) is 18.1 Å². The number of nitrogens with two attached hydrogens (primary N) is 3. The maximum absolute atomic E-state index is 5.55. The molecule has 6 N–H and O–H groups in total. The Morgan fingerprint density at radius 2 is 1.25 bits per heavy atom. The predicted molar refractivity (Wildman–Crippen MR) is 33.1 cm³/mol. The van der Waals surface area contributed by atoms with E-state index in [0.717, 1.165) is 0 Å². The fraction of sp³-hybridized carbons (Fsp3) is 1.00. The molecule has 1 saturated carbocycles. The summed E-state index contributed by atoms with van der Waals surface area (Å²) in [6.45, 7) is 2.03. The van der Waals surface area contributed by atoms with Crippen LogP contribution in [0, 0.1) is 5.92 Å². The van der Waals surface area contributed by atoms with Crippen molar-refractivity contribution in [2.75, 3.05) is 0 Å². The predicted octanol–water partition coefficient (Wildman–Crippen LogP) is -1.38. The smallest absolute Gasteiger partial charge is 0.0352 e. The highest BCUT2D eigenvalue weighted by atomic mass is 14.9. The van der Waals surface area contributed by atoms with Crippen LogP contribution in [0.15, 0.2) is 0 Å². The van der Waals surface area contributed by atoms with Crippen LogP contribution in [-0.2, 0) is 0 Å². The lowest BCUT2D eigenvalue weighted by molar-refractivity contribution is 0.184. The molecule has 1 aliphatic rings. The van der Waals surface area contributed by atoms with E-state index in [-0.39, 0.29) is 18.1 Å². The molecule has 2 unspecified atom stereocenters. The van der Waals surface area contributed by atoms with Gasteiger partial charge in [0.15, 0.2) is 0 Å². The van der Waals surface area contributed by atoms with Crippen LogP contribution >= 0.6 is 0 Å². The summed E-state index contributed by atoms with van der Waals surface area (Å²) in [4.78, 5) is 0. The van der Waals surface area contributed by atoms with E-state index in [2.05, 4.69) is 0 Å². The molecule has 0 bridgehead atoms. The summed E-state index contributed by atoms with van der Waals surface area (Å²) in [7, 11) is 0. The van der Waals surface area contributed by atoms with Crippen molar-refractivity contribution in [1.82, 2.24) is 0 Å². The average Bonchev–Trinajstić information content (AvgIpc) is 1.83. The van der Waals surface area contributed by atoms with Crippen molar-refractivity contribution in [3.8, 4) is 0 Å². The lowest BCUT2D eigenvalue weighted by atomic mass is 9.72. The molecule has 0 aromatic carbocycles. The van der Waals surface area contributed by atoms with Crippen LogP contribution in [0.25, 0.3) is 0 Å². The highest BCUT2D eigenvalue weighted by Gasteiger charge is 2.40. The lowest BCUT2D eigenvalue weighted by Gasteiger charge is -2.44. The Kier molecular flexibility index (Phi) is 1.27. The normalized spacial score (nSPS) is 55.5. The van der Waals surface area contributed by atoms with Gasteiger partial charge in [-0.15, -0.1) is 0 Å².